The fourth-order valence-corrected chi connectivity index (χ4v) is 5.40. The van der Waals surface area contributed by atoms with Gasteiger partial charge in [-0.2, -0.15) is 0 Å². The molecule has 0 radical (unpaired) electrons. The van der Waals surface area contributed by atoms with Crippen molar-refractivity contribution in [1.29, 1.82) is 0 Å². The van der Waals surface area contributed by atoms with Crippen LogP contribution in [0.3, 0.4) is 0 Å². The van der Waals surface area contributed by atoms with E-state index in [0.29, 0.717) is 11.0 Å². The number of carbonyl (C=O) groups excluding carboxylic acids is 1. The van der Waals surface area contributed by atoms with Crippen molar-refractivity contribution in [2.75, 3.05) is 0 Å². The van der Waals surface area contributed by atoms with E-state index in [1.165, 1.54) is 6.42 Å². The third-order valence-corrected chi connectivity index (χ3v) is 6.17. The first-order valence-corrected chi connectivity index (χ1v) is 7.07. The highest BCUT2D eigenvalue weighted by Crippen LogP contribution is 2.52. The van der Waals surface area contributed by atoms with Crippen molar-refractivity contribution in [1.82, 2.24) is 0 Å². The molecule has 4 atom stereocenters. The molecule has 0 aromatic rings. The Labute approximate surface area is 94.8 Å². The van der Waals surface area contributed by atoms with E-state index in [4.69, 9.17) is 0 Å². The zero-order valence-corrected chi connectivity index (χ0v) is 9.76. The summed E-state index contributed by atoms with van der Waals surface area (Å²) >= 11 is 1.78. The van der Waals surface area contributed by atoms with Crippen molar-refractivity contribution in [3.05, 3.63) is 0 Å². The number of hydrogen-bond donors (Lipinski definition) is 1. The molecule has 4 unspecified atom stereocenters. The predicted molar refractivity (Wildman–Crippen MR) is 60.9 cm³/mol. The largest absolute Gasteiger partial charge is 0.388 e. The molecule has 2 nitrogen and oxygen atoms in total. The number of aliphatic hydroxyl groups is 1. The molecule has 0 amide bonds. The molecule has 3 rings (SSSR count). The Hall–Kier alpha value is -0.0200. The van der Waals surface area contributed by atoms with Crippen molar-refractivity contribution in [3.8, 4) is 0 Å². The van der Waals surface area contributed by atoms with Gasteiger partial charge in [0.2, 0.25) is 0 Å². The van der Waals surface area contributed by atoms with Gasteiger partial charge in [0.05, 0.1) is 10.9 Å². The van der Waals surface area contributed by atoms with E-state index in [0.717, 1.165) is 38.5 Å². The average molecular weight is 226 g/mol. The topological polar surface area (TPSA) is 37.3 Å². The van der Waals surface area contributed by atoms with Gasteiger partial charge in [-0.05, 0) is 25.7 Å². The molecule has 0 spiro atoms. The van der Waals surface area contributed by atoms with Crippen molar-refractivity contribution in [3.63, 3.8) is 0 Å². The highest BCUT2D eigenvalue weighted by molar-refractivity contribution is 8.01. The Morgan fingerprint density at radius 1 is 1.20 bits per heavy atom. The molecule has 2 saturated carbocycles. The summed E-state index contributed by atoms with van der Waals surface area (Å²) in [5.41, 5.74) is -0.642. The number of thioether (sulfide) groups is 1. The lowest BCUT2D eigenvalue weighted by molar-refractivity contribution is -0.139. The highest BCUT2D eigenvalue weighted by atomic mass is 32.2. The van der Waals surface area contributed by atoms with Crippen LogP contribution >= 0.6 is 11.8 Å². The normalized spacial score (nSPS) is 49.9. The van der Waals surface area contributed by atoms with Gasteiger partial charge in [0.15, 0.2) is 5.78 Å². The van der Waals surface area contributed by atoms with Gasteiger partial charge in [0.1, 0.15) is 0 Å². The van der Waals surface area contributed by atoms with Crippen LogP contribution in [0, 0.1) is 5.92 Å². The van der Waals surface area contributed by atoms with Gasteiger partial charge in [0, 0.05) is 11.2 Å². The van der Waals surface area contributed by atoms with Crippen LogP contribution in [-0.2, 0) is 4.79 Å². The number of fused-ring (bicyclic) bond motifs is 4. The molecule has 1 N–H and O–H groups in total. The molecule has 2 bridgehead atoms. The quantitative estimate of drug-likeness (QED) is 0.687. The molecular weight excluding hydrogens is 208 g/mol. The Morgan fingerprint density at radius 3 is 2.93 bits per heavy atom. The lowest BCUT2D eigenvalue weighted by Gasteiger charge is -2.51. The summed E-state index contributed by atoms with van der Waals surface area (Å²) in [6.45, 7) is 0. The van der Waals surface area contributed by atoms with Crippen LogP contribution in [0.1, 0.15) is 44.9 Å². The van der Waals surface area contributed by atoms with Gasteiger partial charge in [0.25, 0.3) is 0 Å². The Balaban J connectivity index is 1.94. The van der Waals surface area contributed by atoms with Crippen molar-refractivity contribution in [2.24, 2.45) is 5.92 Å². The summed E-state index contributed by atoms with van der Waals surface area (Å²) in [6, 6.07) is 0. The standard InChI is InChI=1S/C12H18O2S/c13-11-8-4-3-5-9(11)15-10-6-1-2-7-12(8,10)14/h8-10,14H,1-7H2. The molecule has 3 heteroatoms. The fraction of sp³-hybridized carbons (Fsp3) is 0.917. The molecule has 3 aliphatic rings. The molecule has 1 heterocycles. The van der Waals surface area contributed by atoms with Crippen LogP contribution in [0.25, 0.3) is 0 Å². The summed E-state index contributed by atoms with van der Waals surface area (Å²) in [5.74, 6) is 0.328. The minimum atomic E-state index is -0.642. The smallest absolute Gasteiger partial charge is 0.151 e. The molecule has 2 aliphatic carbocycles. The van der Waals surface area contributed by atoms with Gasteiger partial charge in [-0.1, -0.05) is 19.3 Å². The number of Topliss-reactive ketones (excluding diaryl/α,β-unsaturated/α-hetero) is 1. The van der Waals surface area contributed by atoms with Crippen LogP contribution in [0.2, 0.25) is 0 Å². The van der Waals surface area contributed by atoms with Gasteiger partial charge in [-0.15, -0.1) is 11.8 Å². The minimum Gasteiger partial charge on any atom is -0.388 e. The summed E-state index contributed by atoms with van der Waals surface area (Å²) < 4.78 is 0. The lowest BCUT2D eigenvalue weighted by Crippen LogP contribution is -2.59. The number of hydrogen-bond acceptors (Lipinski definition) is 3. The maximum atomic E-state index is 12.1. The second-order valence-electron chi connectivity index (χ2n) is 5.24. The van der Waals surface area contributed by atoms with E-state index in [2.05, 4.69) is 0 Å². The van der Waals surface area contributed by atoms with Crippen molar-refractivity contribution < 1.29 is 9.90 Å². The number of carbonyl (C=O) groups is 1. The molecule has 0 aromatic carbocycles. The first-order valence-electron chi connectivity index (χ1n) is 6.13. The van der Waals surface area contributed by atoms with E-state index >= 15 is 0 Å². The molecule has 1 saturated heterocycles. The van der Waals surface area contributed by atoms with Crippen molar-refractivity contribution in [2.45, 2.75) is 61.0 Å². The Kier molecular flexibility index (Phi) is 2.36. The summed E-state index contributed by atoms with van der Waals surface area (Å²) in [4.78, 5) is 12.1. The van der Waals surface area contributed by atoms with E-state index in [1.807, 2.05) is 0 Å². The van der Waals surface area contributed by atoms with E-state index in [1.54, 1.807) is 11.8 Å². The predicted octanol–water partition coefficient (Wildman–Crippen LogP) is 2.14. The zero-order valence-electron chi connectivity index (χ0n) is 8.95. The van der Waals surface area contributed by atoms with Crippen LogP contribution in [0.5, 0.6) is 0 Å². The molecule has 15 heavy (non-hydrogen) atoms. The maximum absolute atomic E-state index is 12.1. The van der Waals surface area contributed by atoms with Crippen LogP contribution in [-0.4, -0.2) is 27.0 Å². The highest BCUT2D eigenvalue weighted by Gasteiger charge is 2.55. The molecular formula is C12H18O2S. The molecule has 3 fully saturated rings. The van der Waals surface area contributed by atoms with Crippen LogP contribution in [0.15, 0.2) is 0 Å². The summed E-state index contributed by atoms with van der Waals surface area (Å²) in [7, 11) is 0. The second-order valence-corrected chi connectivity index (χ2v) is 6.65. The Morgan fingerprint density at radius 2 is 2.07 bits per heavy atom. The van der Waals surface area contributed by atoms with E-state index in [9.17, 15) is 9.90 Å². The zero-order chi connectivity index (χ0) is 10.5. The maximum Gasteiger partial charge on any atom is 0.151 e. The van der Waals surface area contributed by atoms with Gasteiger partial charge < -0.3 is 5.11 Å². The van der Waals surface area contributed by atoms with E-state index < -0.39 is 5.60 Å². The van der Waals surface area contributed by atoms with Crippen LogP contribution < -0.4 is 0 Å². The van der Waals surface area contributed by atoms with E-state index in [-0.39, 0.29) is 11.2 Å². The first-order chi connectivity index (χ1) is 7.22. The average Bonchev–Trinajstić information content (AvgIpc) is 2.21. The summed E-state index contributed by atoms with van der Waals surface area (Å²) in [6.07, 6.45) is 7.41. The third-order valence-electron chi connectivity index (χ3n) is 4.40. The first kappa shape index (κ1) is 10.2. The molecule has 0 aromatic heterocycles. The number of ketones is 1. The Bertz CT molecular complexity index is 291. The lowest BCUT2D eigenvalue weighted by atomic mass is 9.68. The minimum absolute atomic E-state index is 0.0252. The molecule has 1 aliphatic heterocycles. The monoisotopic (exact) mass is 226 g/mol. The van der Waals surface area contributed by atoms with Crippen molar-refractivity contribution >= 4 is 17.5 Å². The SMILES string of the molecule is O=C1C2CCCC1C1(O)CCCCC1S2. The van der Waals surface area contributed by atoms with Gasteiger partial charge >= 0.3 is 0 Å². The van der Waals surface area contributed by atoms with Gasteiger partial charge in [-0.25, -0.2) is 0 Å². The summed E-state index contributed by atoms with van der Waals surface area (Å²) in [5, 5.41) is 11.3. The van der Waals surface area contributed by atoms with Crippen LogP contribution in [0.4, 0.5) is 0 Å². The molecule has 84 valence electrons. The third kappa shape index (κ3) is 1.39. The second kappa shape index (κ2) is 3.49. The number of rotatable bonds is 0. The fourth-order valence-electron chi connectivity index (χ4n) is 3.58. The van der Waals surface area contributed by atoms with Gasteiger partial charge in [-0.3, -0.25) is 4.79 Å².